The minimum absolute atomic E-state index is 0.0446. The van der Waals surface area contributed by atoms with Crippen molar-refractivity contribution in [1.29, 1.82) is 0 Å². The Balaban J connectivity index is 2.10. The fourth-order valence-corrected chi connectivity index (χ4v) is 2.60. The molecule has 0 radical (unpaired) electrons. The highest BCUT2D eigenvalue weighted by molar-refractivity contribution is 5.99. The second-order valence-corrected chi connectivity index (χ2v) is 5.63. The molecule has 0 fully saturated rings. The quantitative estimate of drug-likeness (QED) is 0.469. The van der Waals surface area contributed by atoms with Gasteiger partial charge in [-0.15, -0.1) is 0 Å². The fraction of sp³-hybridized carbons (Fsp3) is 0.105. The molecule has 1 N–H and O–H groups in total. The van der Waals surface area contributed by atoms with Gasteiger partial charge in [-0.3, -0.25) is 10.1 Å². The second kappa shape index (κ2) is 8.21. The average molecular weight is 397 g/mol. The second-order valence-electron chi connectivity index (χ2n) is 5.63. The van der Waals surface area contributed by atoms with Crippen molar-refractivity contribution >= 4 is 11.7 Å². The molecule has 0 saturated carbocycles. The minimum atomic E-state index is -1.28. The molecule has 1 aromatic heterocycles. The Kier molecular flexibility index (Phi) is 5.54. The number of aromatic nitrogens is 2. The lowest BCUT2D eigenvalue weighted by Crippen LogP contribution is -2.05. The fourth-order valence-electron chi connectivity index (χ4n) is 2.60. The van der Waals surface area contributed by atoms with Crippen LogP contribution in [0.4, 0.5) is 5.69 Å². The van der Waals surface area contributed by atoms with Crippen LogP contribution >= 0.6 is 0 Å². The van der Waals surface area contributed by atoms with Crippen LogP contribution in [0.2, 0.25) is 0 Å². The minimum Gasteiger partial charge on any atom is -0.481 e. The van der Waals surface area contributed by atoms with E-state index in [4.69, 9.17) is 14.2 Å². The highest BCUT2D eigenvalue weighted by atomic mass is 16.6. The van der Waals surface area contributed by atoms with Crippen molar-refractivity contribution in [2.75, 3.05) is 14.2 Å². The number of hydrogen-bond acceptors (Lipinski definition) is 8. The normalized spacial score (nSPS) is 10.3. The zero-order chi connectivity index (χ0) is 21.0. The summed E-state index contributed by atoms with van der Waals surface area (Å²) in [6.45, 7) is 0. The third kappa shape index (κ3) is 4.21. The van der Waals surface area contributed by atoms with Crippen LogP contribution in [0.1, 0.15) is 10.4 Å². The number of hydrogen-bond donors (Lipinski definition) is 1. The summed E-state index contributed by atoms with van der Waals surface area (Å²) >= 11 is 0. The maximum atomic E-state index is 12.0. The first-order valence-electron chi connectivity index (χ1n) is 8.19. The lowest BCUT2D eigenvalue weighted by molar-refractivity contribution is -0.384. The third-order valence-electron chi connectivity index (χ3n) is 3.89. The van der Waals surface area contributed by atoms with Crippen molar-refractivity contribution < 1.29 is 29.0 Å². The summed E-state index contributed by atoms with van der Waals surface area (Å²) in [5.41, 5.74) is 0.240. The van der Waals surface area contributed by atoms with Crippen molar-refractivity contribution in [3.05, 3.63) is 64.2 Å². The van der Waals surface area contributed by atoms with Crippen LogP contribution in [-0.2, 0) is 0 Å². The Morgan fingerprint density at radius 1 is 1.03 bits per heavy atom. The van der Waals surface area contributed by atoms with Gasteiger partial charge < -0.3 is 19.3 Å². The van der Waals surface area contributed by atoms with Crippen LogP contribution < -0.4 is 14.2 Å². The highest BCUT2D eigenvalue weighted by Gasteiger charge is 2.21. The van der Waals surface area contributed by atoms with E-state index in [1.807, 2.05) is 0 Å². The molecule has 148 valence electrons. The van der Waals surface area contributed by atoms with Gasteiger partial charge in [0, 0.05) is 17.7 Å². The van der Waals surface area contributed by atoms with E-state index in [0.29, 0.717) is 5.56 Å². The summed E-state index contributed by atoms with van der Waals surface area (Å²) in [7, 11) is 2.80. The molecule has 0 aliphatic rings. The van der Waals surface area contributed by atoms with E-state index < -0.39 is 10.9 Å². The molecule has 0 bridgehead atoms. The highest BCUT2D eigenvalue weighted by Crippen LogP contribution is 2.34. The van der Waals surface area contributed by atoms with Crippen LogP contribution in [0.25, 0.3) is 11.1 Å². The SMILES string of the molecule is COc1cc(OC)nc(Oc2cccc(-c3cccc([N+](=O)[O-])c3)c2C(=O)O)n1. The number of rotatable bonds is 7. The number of nitro groups is 1. The first-order valence-corrected chi connectivity index (χ1v) is 8.19. The molecule has 10 heteroatoms. The standard InChI is InChI=1S/C19H15N3O7/c1-27-15-10-16(28-2)21-19(20-15)29-14-8-4-7-13(17(14)18(23)24)11-5-3-6-12(9-11)22(25)26/h3-10H,1-2H3,(H,23,24). The van der Waals surface area contributed by atoms with Crippen LogP contribution in [0.15, 0.2) is 48.5 Å². The maximum Gasteiger partial charge on any atom is 0.340 e. The van der Waals surface area contributed by atoms with Crippen LogP contribution in [0.3, 0.4) is 0 Å². The van der Waals surface area contributed by atoms with Gasteiger partial charge in [0.15, 0.2) is 0 Å². The van der Waals surface area contributed by atoms with E-state index in [0.717, 1.165) is 0 Å². The van der Waals surface area contributed by atoms with Crippen molar-refractivity contribution in [2.24, 2.45) is 0 Å². The smallest absolute Gasteiger partial charge is 0.340 e. The molecular formula is C19H15N3O7. The largest absolute Gasteiger partial charge is 0.481 e. The summed E-state index contributed by atoms with van der Waals surface area (Å²) in [6.07, 6.45) is 0. The van der Waals surface area contributed by atoms with E-state index in [2.05, 4.69) is 9.97 Å². The van der Waals surface area contributed by atoms with Crippen molar-refractivity contribution in [3.63, 3.8) is 0 Å². The van der Waals surface area contributed by atoms with Crippen molar-refractivity contribution in [2.45, 2.75) is 0 Å². The molecule has 2 aromatic carbocycles. The number of carbonyl (C=O) groups is 1. The first-order chi connectivity index (χ1) is 13.9. The van der Waals surface area contributed by atoms with E-state index in [1.165, 1.54) is 50.6 Å². The van der Waals surface area contributed by atoms with E-state index in [9.17, 15) is 20.0 Å². The molecule has 0 unspecified atom stereocenters. The van der Waals surface area contributed by atoms with Gasteiger partial charge in [-0.05, 0) is 11.6 Å². The van der Waals surface area contributed by atoms with Gasteiger partial charge in [-0.2, -0.15) is 9.97 Å². The molecule has 3 aromatic rings. The Bertz CT molecular complexity index is 1060. The van der Waals surface area contributed by atoms with E-state index in [1.54, 1.807) is 12.1 Å². The number of benzene rings is 2. The topological polar surface area (TPSA) is 134 Å². The number of carboxylic acid groups (broad SMARTS) is 1. The molecule has 0 aliphatic heterocycles. The Morgan fingerprint density at radius 2 is 1.69 bits per heavy atom. The molecule has 0 saturated heterocycles. The number of aromatic carboxylic acids is 1. The van der Waals surface area contributed by atoms with Gasteiger partial charge in [-0.25, -0.2) is 4.79 Å². The predicted octanol–water partition coefficient (Wildman–Crippen LogP) is 3.56. The summed E-state index contributed by atoms with van der Waals surface area (Å²) in [5.74, 6) is -0.995. The van der Waals surface area contributed by atoms with Crippen LogP contribution in [-0.4, -0.2) is 40.2 Å². The molecule has 0 amide bonds. The average Bonchev–Trinajstić information content (AvgIpc) is 2.73. The molecule has 0 atom stereocenters. The Labute approximate surface area is 164 Å². The zero-order valence-electron chi connectivity index (χ0n) is 15.4. The van der Waals surface area contributed by atoms with Crippen LogP contribution in [0, 0.1) is 10.1 Å². The number of nitrogens with zero attached hydrogens (tertiary/aromatic N) is 3. The maximum absolute atomic E-state index is 12.0. The van der Waals surface area contributed by atoms with E-state index >= 15 is 0 Å². The molecule has 0 aliphatic carbocycles. The molecule has 3 rings (SSSR count). The third-order valence-corrected chi connectivity index (χ3v) is 3.89. The van der Waals surface area contributed by atoms with Gasteiger partial charge in [0.25, 0.3) is 5.69 Å². The first kappa shape index (κ1) is 19.5. The lowest BCUT2D eigenvalue weighted by Gasteiger charge is -2.13. The van der Waals surface area contributed by atoms with Crippen LogP contribution in [0.5, 0.6) is 23.5 Å². The summed E-state index contributed by atoms with van der Waals surface area (Å²) < 4.78 is 15.7. The number of carboxylic acids is 1. The molecule has 10 nitrogen and oxygen atoms in total. The number of ether oxygens (including phenoxy) is 3. The van der Waals surface area contributed by atoms with Crippen molar-refractivity contribution in [1.82, 2.24) is 9.97 Å². The number of nitro benzene ring substituents is 1. The molecule has 0 spiro atoms. The summed E-state index contributed by atoms with van der Waals surface area (Å²) in [4.78, 5) is 30.5. The van der Waals surface area contributed by atoms with Gasteiger partial charge in [-0.1, -0.05) is 24.3 Å². The number of non-ortho nitro benzene ring substituents is 1. The van der Waals surface area contributed by atoms with Gasteiger partial charge in [0.1, 0.15) is 11.3 Å². The Morgan fingerprint density at radius 3 is 2.28 bits per heavy atom. The Hall–Kier alpha value is -4.21. The van der Waals surface area contributed by atoms with Gasteiger partial charge in [0.05, 0.1) is 25.2 Å². The van der Waals surface area contributed by atoms with Gasteiger partial charge >= 0.3 is 12.0 Å². The summed E-state index contributed by atoms with van der Waals surface area (Å²) in [6, 6.07) is 11.4. The van der Waals surface area contributed by atoms with E-state index in [-0.39, 0.29) is 40.3 Å². The predicted molar refractivity (Wildman–Crippen MR) is 101 cm³/mol. The summed E-state index contributed by atoms with van der Waals surface area (Å²) in [5, 5.41) is 20.8. The monoisotopic (exact) mass is 397 g/mol. The molecule has 29 heavy (non-hydrogen) atoms. The lowest BCUT2D eigenvalue weighted by atomic mass is 9.98. The van der Waals surface area contributed by atoms with Gasteiger partial charge in [0.2, 0.25) is 11.8 Å². The zero-order valence-corrected chi connectivity index (χ0v) is 15.4. The molecule has 1 heterocycles. The number of methoxy groups -OCH3 is 2. The molecular weight excluding hydrogens is 382 g/mol. The van der Waals surface area contributed by atoms with Crippen molar-refractivity contribution in [3.8, 4) is 34.6 Å².